The highest BCUT2D eigenvalue weighted by atomic mass is 32.2. The molecule has 3 aromatic carbocycles. The number of rotatable bonds is 14. The summed E-state index contributed by atoms with van der Waals surface area (Å²) in [5.74, 6) is -0.689. The number of nitrogens with zero attached hydrogens (tertiary/aromatic N) is 1. The first kappa shape index (κ1) is 33.8. The topological polar surface area (TPSA) is 138 Å². The van der Waals surface area contributed by atoms with E-state index in [0.717, 1.165) is 16.9 Å². The van der Waals surface area contributed by atoms with Gasteiger partial charge < -0.3 is 18.4 Å². The number of methoxy groups -OCH3 is 1. The molecule has 4 amide bonds. The predicted octanol–water partition coefficient (Wildman–Crippen LogP) is 5.35. The van der Waals surface area contributed by atoms with Gasteiger partial charge in [0, 0.05) is 5.56 Å². The number of hydrogen-bond donors (Lipinski definition) is 1. The lowest BCUT2D eigenvalue weighted by Gasteiger charge is -2.27. The summed E-state index contributed by atoms with van der Waals surface area (Å²) in [5, 5.41) is 2.21. The lowest BCUT2D eigenvalue weighted by atomic mass is 10.0. The molecule has 1 fully saturated rings. The lowest BCUT2D eigenvalue weighted by molar-refractivity contribution is -0.130. The molecule has 4 rings (SSSR count). The van der Waals surface area contributed by atoms with Crippen LogP contribution in [0.15, 0.2) is 77.7 Å². The molecule has 242 valence electrons. The maximum atomic E-state index is 13.5. The van der Waals surface area contributed by atoms with Gasteiger partial charge in [-0.1, -0.05) is 36.8 Å². The molecule has 3 aromatic rings. The van der Waals surface area contributed by atoms with Crippen LogP contribution in [0, 0.1) is 6.92 Å². The minimum atomic E-state index is -4.23. The first-order chi connectivity index (χ1) is 22.0. The van der Waals surface area contributed by atoms with Gasteiger partial charge in [-0.2, -0.15) is 8.42 Å². The van der Waals surface area contributed by atoms with Crippen molar-refractivity contribution in [2.24, 2.45) is 0 Å². The Balaban J connectivity index is 1.67. The minimum absolute atomic E-state index is 0.0402. The number of carbonyl (C=O) groups is 3. The molecule has 11 nitrogen and oxygen atoms in total. The number of urea groups is 1. The van der Waals surface area contributed by atoms with Crippen LogP contribution in [0.2, 0.25) is 0 Å². The fourth-order valence-electron chi connectivity index (χ4n) is 4.62. The highest BCUT2D eigenvalue weighted by molar-refractivity contribution is 7.87. The van der Waals surface area contributed by atoms with E-state index >= 15 is 0 Å². The predicted molar refractivity (Wildman–Crippen MR) is 171 cm³/mol. The van der Waals surface area contributed by atoms with Crippen molar-refractivity contribution >= 4 is 34.0 Å². The molecule has 1 N–H and O–H groups in total. The molecule has 0 radical (unpaired) electrons. The van der Waals surface area contributed by atoms with Gasteiger partial charge in [-0.15, -0.1) is 6.58 Å². The molecule has 1 saturated heterocycles. The van der Waals surface area contributed by atoms with Crippen LogP contribution in [0.4, 0.5) is 4.79 Å². The number of nitrogens with one attached hydrogen (secondary N) is 1. The first-order valence-corrected chi connectivity index (χ1v) is 16.0. The molecular formula is C34H36N2O9S. The van der Waals surface area contributed by atoms with E-state index in [1.54, 1.807) is 42.5 Å². The summed E-state index contributed by atoms with van der Waals surface area (Å²) in [6.07, 6.45) is 3.84. The van der Waals surface area contributed by atoms with Crippen LogP contribution in [0.25, 0.3) is 6.08 Å². The zero-order valence-corrected chi connectivity index (χ0v) is 26.9. The summed E-state index contributed by atoms with van der Waals surface area (Å²) >= 11 is 0. The van der Waals surface area contributed by atoms with Crippen molar-refractivity contribution in [1.82, 2.24) is 10.2 Å². The number of amides is 4. The largest absolute Gasteiger partial charge is 0.493 e. The second-order valence-corrected chi connectivity index (χ2v) is 11.9. The summed E-state index contributed by atoms with van der Waals surface area (Å²) in [4.78, 5) is 40.1. The molecule has 0 spiro atoms. The maximum Gasteiger partial charge on any atom is 0.339 e. The van der Waals surface area contributed by atoms with Gasteiger partial charge in [0.2, 0.25) is 0 Å². The summed E-state index contributed by atoms with van der Waals surface area (Å²) < 4.78 is 48.6. The van der Waals surface area contributed by atoms with Crippen LogP contribution in [0.5, 0.6) is 23.0 Å². The molecule has 1 aliphatic rings. The van der Waals surface area contributed by atoms with Gasteiger partial charge in [0.1, 0.15) is 10.5 Å². The van der Waals surface area contributed by atoms with E-state index in [4.69, 9.17) is 18.4 Å². The van der Waals surface area contributed by atoms with Crippen molar-refractivity contribution in [3.05, 3.63) is 95.1 Å². The van der Waals surface area contributed by atoms with Gasteiger partial charge in [-0.3, -0.25) is 19.8 Å². The monoisotopic (exact) mass is 648 g/mol. The van der Waals surface area contributed by atoms with E-state index < -0.39 is 28.0 Å². The van der Waals surface area contributed by atoms with Crippen molar-refractivity contribution in [2.75, 3.05) is 20.3 Å². The number of carbonyl (C=O) groups excluding carboxylic acids is 3. The Hall–Kier alpha value is -5.10. The molecule has 1 aliphatic heterocycles. The van der Waals surface area contributed by atoms with Crippen molar-refractivity contribution in [1.29, 1.82) is 0 Å². The first-order valence-electron chi connectivity index (χ1n) is 14.6. The summed E-state index contributed by atoms with van der Waals surface area (Å²) in [5.41, 5.74) is 1.86. The smallest absolute Gasteiger partial charge is 0.339 e. The maximum absolute atomic E-state index is 13.5. The van der Waals surface area contributed by atoms with Crippen LogP contribution < -0.4 is 23.7 Å². The Morgan fingerprint density at radius 3 is 2.33 bits per heavy atom. The highest BCUT2D eigenvalue weighted by Gasteiger charge is 2.36. The Kier molecular flexibility index (Phi) is 10.9. The van der Waals surface area contributed by atoms with E-state index in [2.05, 4.69) is 11.9 Å². The quantitative estimate of drug-likeness (QED) is 0.106. The van der Waals surface area contributed by atoms with Crippen LogP contribution in [-0.2, 0) is 32.7 Å². The Bertz CT molecular complexity index is 1780. The molecule has 0 atom stereocenters. The van der Waals surface area contributed by atoms with Crippen LogP contribution in [-0.4, -0.2) is 51.5 Å². The lowest BCUT2D eigenvalue weighted by Crippen LogP contribution is -2.53. The number of ether oxygens (including phenoxy) is 3. The number of allylic oxidation sites excluding steroid dienone is 1. The SMILES string of the molecule is C=CCc1cc(/C=C2\C(=O)NC(=O)N(Cc3ccc(OCCC)c(OCC)c3)C2=O)cc(OC)c1OS(=O)(=O)c1ccc(C)cc1. The zero-order chi connectivity index (χ0) is 33.4. The van der Waals surface area contributed by atoms with Gasteiger partial charge in [-0.05, 0) is 80.3 Å². The fourth-order valence-corrected chi connectivity index (χ4v) is 5.59. The number of imide groups is 2. The normalized spacial score (nSPS) is 14.2. The van der Waals surface area contributed by atoms with E-state index in [1.807, 2.05) is 20.8 Å². The summed E-state index contributed by atoms with van der Waals surface area (Å²) in [6, 6.07) is 13.4. The van der Waals surface area contributed by atoms with Crippen molar-refractivity contribution in [3.8, 4) is 23.0 Å². The zero-order valence-electron chi connectivity index (χ0n) is 26.1. The molecule has 0 unspecified atom stereocenters. The highest BCUT2D eigenvalue weighted by Crippen LogP contribution is 2.37. The number of hydrogen-bond acceptors (Lipinski definition) is 9. The van der Waals surface area contributed by atoms with Crippen LogP contribution >= 0.6 is 0 Å². The summed E-state index contributed by atoms with van der Waals surface area (Å²) in [7, 11) is -2.89. The van der Waals surface area contributed by atoms with Gasteiger partial charge in [-0.25, -0.2) is 4.79 Å². The Labute approximate surface area is 268 Å². The second kappa shape index (κ2) is 14.8. The third-order valence-corrected chi connectivity index (χ3v) is 8.08. The van der Waals surface area contributed by atoms with E-state index in [-0.39, 0.29) is 34.9 Å². The van der Waals surface area contributed by atoms with Crippen molar-refractivity contribution in [2.45, 2.75) is 45.1 Å². The average Bonchev–Trinajstić information content (AvgIpc) is 3.02. The number of barbiturate groups is 1. The van der Waals surface area contributed by atoms with E-state index in [9.17, 15) is 22.8 Å². The second-order valence-electron chi connectivity index (χ2n) is 10.3. The van der Waals surface area contributed by atoms with E-state index in [1.165, 1.54) is 31.4 Å². The van der Waals surface area contributed by atoms with E-state index in [0.29, 0.717) is 41.4 Å². The Morgan fingerprint density at radius 2 is 1.67 bits per heavy atom. The number of benzene rings is 3. The molecule has 1 heterocycles. The van der Waals surface area contributed by atoms with Crippen molar-refractivity contribution in [3.63, 3.8) is 0 Å². The molecule has 0 aromatic heterocycles. The molecule has 0 bridgehead atoms. The molecule has 12 heteroatoms. The standard InChI is InChI=1S/C34H36N2O9S/c1-6-9-25-17-24(20-30(42-5)31(25)45-46(40,41)26-13-10-22(4)11-14-26)18-27-32(37)35-34(39)36(33(27)38)21-23-12-15-28(44-16-7-2)29(19-23)43-8-3/h6,10-15,17-20H,1,7-9,16,21H2,2-5H3,(H,35,37,39)/b27-18+. The molecule has 0 saturated carbocycles. The molecule has 46 heavy (non-hydrogen) atoms. The van der Waals surface area contributed by atoms with Gasteiger partial charge >= 0.3 is 16.1 Å². The summed E-state index contributed by atoms with van der Waals surface area (Å²) in [6.45, 7) is 10.1. The minimum Gasteiger partial charge on any atom is -0.493 e. The number of aryl methyl sites for hydroxylation is 1. The third kappa shape index (κ3) is 7.75. The van der Waals surface area contributed by atoms with Gasteiger partial charge in [0.05, 0.1) is 26.9 Å². The fraction of sp³-hybridized carbons (Fsp3) is 0.265. The average molecular weight is 649 g/mol. The Morgan fingerprint density at radius 1 is 0.935 bits per heavy atom. The molecular weight excluding hydrogens is 612 g/mol. The van der Waals surface area contributed by atoms with Crippen LogP contribution in [0.1, 0.15) is 42.5 Å². The van der Waals surface area contributed by atoms with Crippen molar-refractivity contribution < 1.29 is 41.2 Å². The van der Waals surface area contributed by atoms with Crippen LogP contribution in [0.3, 0.4) is 0 Å². The van der Waals surface area contributed by atoms with Gasteiger partial charge in [0.15, 0.2) is 23.0 Å². The van der Waals surface area contributed by atoms with Gasteiger partial charge in [0.25, 0.3) is 11.8 Å². The molecule has 0 aliphatic carbocycles. The third-order valence-electron chi connectivity index (χ3n) is 6.85.